The number of phosphoric ester groups is 1. The maximum Gasteiger partial charge on any atom is 0.472 e. The molecule has 3 unspecified atom stereocenters. The largest absolute Gasteiger partial charge is 0.480 e. The predicted octanol–water partition coefficient (Wildman–Crippen LogP) is 8.49. The molecule has 0 spiro atoms. The van der Waals surface area contributed by atoms with Crippen molar-refractivity contribution in [2.45, 2.75) is 161 Å². The number of carboxylic acid groups (broad SMARTS) is 1. The molecule has 0 fully saturated rings. The number of hydrogen-bond acceptors (Lipinski definition) is 8. The van der Waals surface area contributed by atoms with Crippen molar-refractivity contribution < 1.29 is 47.8 Å². The summed E-state index contributed by atoms with van der Waals surface area (Å²) in [5.41, 5.74) is 0. The van der Waals surface area contributed by atoms with Gasteiger partial charge in [0.2, 0.25) is 5.91 Å². The molecule has 49 heavy (non-hydrogen) atoms. The van der Waals surface area contributed by atoms with Crippen LogP contribution in [0.4, 0.5) is 0 Å². The number of carbonyl (C=O) groups excluding carboxylic acids is 2. The highest BCUT2D eigenvalue weighted by Crippen LogP contribution is 2.43. The number of aliphatic carboxylic acids is 1. The number of esters is 1. The van der Waals surface area contributed by atoms with Crippen LogP contribution in [0.15, 0.2) is 36.5 Å². The van der Waals surface area contributed by atoms with Crippen molar-refractivity contribution in [2.75, 3.05) is 19.8 Å². The number of ether oxygens (including phenoxy) is 1. The number of nitrogens with one attached hydrogen (secondary N) is 1. The SMILES string of the molecule is CCCCC/C=C\C/C=C\C/C=C\CCCCCCCCCCCCC(=O)NC(COP(=O)(O)OCC(O)COC(=O)CCCC)C(=O)O. The molecule has 0 aromatic carbocycles. The lowest BCUT2D eigenvalue weighted by Crippen LogP contribution is -2.43. The highest BCUT2D eigenvalue weighted by Gasteiger charge is 2.28. The highest BCUT2D eigenvalue weighted by atomic mass is 31.2. The third-order valence-electron chi connectivity index (χ3n) is 7.68. The lowest BCUT2D eigenvalue weighted by molar-refractivity contribution is -0.147. The molecular weight excluding hydrogens is 649 g/mol. The molecule has 0 saturated carbocycles. The first-order chi connectivity index (χ1) is 23.6. The average Bonchev–Trinajstić information content (AvgIpc) is 3.07. The molecule has 11 nitrogen and oxygen atoms in total. The zero-order valence-electron chi connectivity index (χ0n) is 30.2. The lowest BCUT2D eigenvalue weighted by Gasteiger charge is -2.18. The third kappa shape index (κ3) is 32.7. The van der Waals surface area contributed by atoms with Gasteiger partial charge >= 0.3 is 19.8 Å². The smallest absolute Gasteiger partial charge is 0.472 e. The van der Waals surface area contributed by atoms with Gasteiger partial charge in [0.15, 0.2) is 6.04 Å². The van der Waals surface area contributed by atoms with Gasteiger partial charge in [0.05, 0.1) is 13.2 Å². The van der Waals surface area contributed by atoms with E-state index in [2.05, 4.69) is 53.2 Å². The first kappa shape index (κ1) is 46.7. The van der Waals surface area contributed by atoms with Crippen LogP contribution in [-0.2, 0) is 32.7 Å². The monoisotopic (exact) mass is 715 g/mol. The molecule has 0 heterocycles. The Morgan fingerprint density at radius 3 is 1.69 bits per heavy atom. The van der Waals surface area contributed by atoms with Crippen LogP contribution in [0, 0.1) is 0 Å². The van der Waals surface area contributed by atoms with Crippen molar-refractivity contribution in [1.29, 1.82) is 0 Å². The Hall–Kier alpha value is -2.30. The second-order valence-electron chi connectivity index (χ2n) is 12.4. The summed E-state index contributed by atoms with van der Waals surface area (Å²) >= 11 is 0. The fourth-order valence-electron chi connectivity index (χ4n) is 4.71. The molecular formula is C37H66NO10P. The maximum absolute atomic E-state index is 12.2. The molecule has 0 bridgehead atoms. The topological polar surface area (TPSA) is 169 Å². The number of carbonyl (C=O) groups is 3. The molecule has 0 radical (unpaired) electrons. The second-order valence-corrected chi connectivity index (χ2v) is 13.9. The van der Waals surface area contributed by atoms with Crippen LogP contribution < -0.4 is 5.32 Å². The summed E-state index contributed by atoms with van der Waals surface area (Å²) in [7, 11) is -4.73. The van der Waals surface area contributed by atoms with Crippen LogP contribution in [-0.4, -0.2) is 64.9 Å². The molecule has 0 aliphatic heterocycles. The van der Waals surface area contributed by atoms with Crippen LogP contribution in [0.1, 0.15) is 149 Å². The Bertz CT molecular complexity index is 984. The summed E-state index contributed by atoms with van der Waals surface area (Å²) in [6, 6.07) is -1.54. The number of phosphoric acid groups is 1. The van der Waals surface area contributed by atoms with E-state index >= 15 is 0 Å². The minimum absolute atomic E-state index is 0.140. The molecule has 3 atom stereocenters. The molecule has 0 rings (SSSR count). The van der Waals surface area contributed by atoms with Gasteiger partial charge in [0.1, 0.15) is 12.7 Å². The lowest BCUT2D eigenvalue weighted by atomic mass is 10.0. The van der Waals surface area contributed by atoms with Crippen LogP contribution in [0.25, 0.3) is 0 Å². The van der Waals surface area contributed by atoms with Gasteiger partial charge in [-0.3, -0.25) is 18.6 Å². The van der Waals surface area contributed by atoms with Gasteiger partial charge in [-0.15, -0.1) is 0 Å². The molecule has 4 N–H and O–H groups in total. The van der Waals surface area contributed by atoms with E-state index in [1.807, 2.05) is 6.92 Å². The van der Waals surface area contributed by atoms with E-state index in [1.54, 1.807) is 0 Å². The van der Waals surface area contributed by atoms with Gasteiger partial charge in [-0.25, -0.2) is 9.36 Å². The zero-order valence-corrected chi connectivity index (χ0v) is 31.1. The zero-order chi connectivity index (χ0) is 36.4. The van der Waals surface area contributed by atoms with Crippen molar-refractivity contribution >= 4 is 25.7 Å². The van der Waals surface area contributed by atoms with E-state index < -0.39 is 57.6 Å². The number of rotatable bonds is 34. The Morgan fingerprint density at radius 2 is 1.14 bits per heavy atom. The normalized spacial score (nSPS) is 14.4. The average molecular weight is 716 g/mol. The minimum atomic E-state index is -4.73. The minimum Gasteiger partial charge on any atom is -0.480 e. The summed E-state index contributed by atoms with van der Waals surface area (Å²) < 4.78 is 26.3. The number of hydrogen-bond donors (Lipinski definition) is 4. The van der Waals surface area contributed by atoms with Gasteiger partial charge in [0.25, 0.3) is 0 Å². The predicted molar refractivity (Wildman–Crippen MR) is 194 cm³/mol. The number of aliphatic hydroxyl groups excluding tert-OH is 1. The van der Waals surface area contributed by atoms with E-state index in [-0.39, 0.29) is 12.8 Å². The van der Waals surface area contributed by atoms with Crippen molar-refractivity contribution in [2.24, 2.45) is 0 Å². The fraction of sp³-hybridized carbons (Fsp3) is 0.757. The van der Waals surface area contributed by atoms with E-state index in [0.29, 0.717) is 12.8 Å². The Labute approximate surface area is 295 Å². The first-order valence-corrected chi connectivity index (χ1v) is 20.0. The summed E-state index contributed by atoms with van der Waals surface area (Å²) in [6.07, 6.45) is 33.1. The van der Waals surface area contributed by atoms with Crippen molar-refractivity contribution in [3.05, 3.63) is 36.5 Å². The van der Waals surface area contributed by atoms with Crippen LogP contribution >= 0.6 is 7.82 Å². The van der Waals surface area contributed by atoms with Gasteiger partial charge in [-0.05, 0) is 51.4 Å². The highest BCUT2D eigenvalue weighted by molar-refractivity contribution is 7.47. The molecule has 0 aromatic rings. The summed E-state index contributed by atoms with van der Waals surface area (Å²) in [5, 5.41) is 21.5. The molecule has 0 aliphatic rings. The Balaban J connectivity index is 3.84. The number of carboxylic acids is 1. The van der Waals surface area contributed by atoms with Gasteiger partial charge in [0, 0.05) is 12.8 Å². The molecule has 0 aromatic heterocycles. The Morgan fingerprint density at radius 1 is 0.653 bits per heavy atom. The molecule has 284 valence electrons. The first-order valence-electron chi connectivity index (χ1n) is 18.5. The number of allylic oxidation sites excluding steroid dienone is 6. The number of aliphatic hydroxyl groups is 1. The van der Waals surface area contributed by atoms with Gasteiger partial charge < -0.3 is 25.2 Å². The van der Waals surface area contributed by atoms with Crippen molar-refractivity contribution in [1.82, 2.24) is 5.32 Å². The number of amides is 1. The van der Waals surface area contributed by atoms with Crippen LogP contribution in [0.3, 0.4) is 0 Å². The standard InChI is InChI=1S/C37H66NO10P/c1-3-5-7-8-9-10-11-12-13-14-15-16-17-18-19-20-21-22-23-24-25-26-27-28-35(40)38-34(37(42)43)32-48-49(44,45)47-31-33(39)30-46-36(41)29-6-4-2/h9-10,12-13,15-16,33-34,39H,3-8,11,14,17-32H2,1-2H3,(H,38,40)(H,42,43)(H,44,45)/b10-9-,13-12-,16-15-. The van der Waals surface area contributed by atoms with E-state index in [9.17, 15) is 34.1 Å². The number of unbranched alkanes of at least 4 members (excludes halogenated alkanes) is 14. The van der Waals surface area contributed by atoms with E-state index in [4.69, 9.17) is 9.26 Å². The Kier molecular flexibility index (Phi) is 31.3. The summed E-state index contributed by atoms with van der Waals surface area (Å²) in [5.74, 6) is -2.42. The molecule has 1 amide bonds. The van der Waals surface area contributed by atoms with Gasteiger partial charge in [-0.2, -0.15) is 0 Å². The van der Waals surface area contributed by atoms with Crippen LogP contribution in [0.2, 0.25) is 0 Å². The van der Waals surface area contributed by atoms with Gasteiger partial charge in [-0.1, -0.05) is 121 Å². The summed E-state index contributed by atoms with van der Waals surface area (Å²) in [6.45, 7) is 2.24. The molecule has 0 saturated heterocycles. The maximum atomic E-state index is 12.2. The second kappa shape index (κ2) is 32.9. The molecule has 0 aliphatic carbocycles. The van der Waals surface area contributed by atoms with Crippen molar-refractivity contribution in [3.63, 3.8) is 0 Å². The van der Waals surface area contributed by atoms with E-state index in [1.165, 1.54) is 57.8 Å². The third-order valence-corrected chi connectivity index (χ3v) is 8.63. The quantitative estimate of drug-likeness (QED) is 0.0219. The fourth-order valence-corrected chi connectivity index (χ4v) is 5.48. The summed E-state index contributed by atoms with van der Waals surface area (Å²) in [4.78, 5) is 45.0. The molecule has 12 heteroatoms. The van der Waals surface area contributed by atoms with Crippen molar-refractivity contribution in [3.8, 4) is 0 Å². The van der Waals surface area contributed by atoms with Crippen LogP contribution in [0.5, 0.6) is 0 Å². The van der Waals surface area contributed by atoms with E-state index in [0.717, 1.165) is 51.4 Å².